The predicted octanol–water partition coefficient (Wildman–Crippen LogP) is 5.47. The first kappa shape index (κ1) is 13.3. The highest BCUT2D eigenvalue weighted by Crippen LogP contribution is 2.30. The van der Waals surface area contributed by atoms with Gasteiger partial charge in [0.2, 0.25) is 0 Å². The van der Waals surface area contributed by atoms with E-state index in [9.17, 15) is 4.79 Å². The van der Waals surface area contributed by atoms with Gasteiger partial charge in [-0.3, -0.25) is 4.79 Å². The maximum absolute atomic E-state index is 12.3. The Morgan fingerprint density at radius 2 is 2.00 bits per heavy atom. The first-order valence-electron chi connectivity index (χ1n) is 4.74. The molecule has 0 fully saturated rings. The third-order valence-corrected chi connectivity index (χ3v) is 5.08. The SMILES string of the molecule is Cc1sc(Br)cc1C(=O)c1ccc(Cl)c(Br)c1. The van der Waals surface area contributed by atoms with E-state index in [0.717, 1.165) is 18.7 Å². The van der Waals surface area contributed by atoms with Gasteiger partial charge in [-0.25, -0.2) is 0 Å². The Bertz CT molecular complexity index is 592. The molecule has 0 N–H and O–H groups in total. The summed E-state index contributed by atoms with van der Waals surface area (Å²) in [6, 6.07) is 7.05. The molecule has 5 heteroatoms. The Morgan fingerprint density at radius 1 is 1.29 bits per heavy atom. The Balaban J connectivity index is 2.44. The number of benzene rings is 1. The topological polar surface area (TPSA) is 17.1 Å². The quantitative estimate of drug-likeness (QED) is 0.618. The van der Waals surface area contributed by atoms with E-state index >= 15 is 0 Å². The van der Waals surface area contributed by atoms with Gasteiger partial charge in [-0.1, -0.05) is 11.6 Å². The van der Waals surface area contributed by atoms with Gasteiger partial charge >= 0.3 is 0 Å². The number of carbonyl (C=O) groups excluding carboxylic acids is 1. The summed E-state index contributed by atoms with van der Waals surface area (Å²) in [6.45, 7) is 1.94. The molecule has 2 aromatic rings. The molecule has 1 aromatic carbocycles. The van der Waals surface area contributed by atoms with E-state index in [1.54, 1.807) is 29.5 Å². The van der Waals surface area contributed by atoms with Gasteiger partial charge in [0.1, 0.15) is 0 Å². The van der Waals surface area contributed by atoms with E-state index in [2.05, 4.69) is 31.9 Å². The van der Waals surface area contributed by atoms with Crippen LogP contribution >= 0.6 is 54.8 Å². The summed E-state index contributed by atoms with van der Waals surface area (Å²) in [5.41, 5.74) is 1.37. The van der Waals surface area contributed by atoms with E-state index in [1.165, 1.54) is 0 Å². The van der Waals surface area contributed by atoms with Crippen LogP contribution in [0.5, 0.6) is 0 Å². The maximum atomic E-state index is 12.3. The fourth-order valence-corrected chi connectivity index (χ4v) is 3.65. The highest BCUT2D eigenvalue weighted by Gasteiger charge is 2.15. The average molecular weight is 395 g/mol. The Labute approximate surface area is 125 Å². The van der Waals surface area contributed by atoms with Gasteiger partial charge in [0.25, 0.3) is 0 Å². The average Bonchev–Trinajstić information content (AvgIpc) is 2.61. The normalized spacial score (nSPS) is 10.6. The fourth-order valence-electron chi connectivity index (χ4n) is 1.46. The van der Waals surface area contributed by atoms with Crippen LogP contribution in [0.2, 0.25) is 5.02 Å². The van der Waals surface area contributed by atoms with Crippen LogP contribution < -0.4 is 0 Å². The molecule has 0 aliphatic carbocycles. The summed E-state index contributed by atoms with van der Waals surface area (Å²) >= 11 is 14.2. The van der Waals surface area contributed by atoms with Gasteiger partial charge in [0.05, 0.1) is 8.81 Å². The monoisotopic (exact) mass is 392 g/mol. The minimum Gasteiger partial charge on any atom is -0.289 e. The number of rotatable bonds is 2. The van der Waals surface area contributed by atoms with Crippen LogP contribution in [0.4, 0.5) is 0 Å². The third-order valence-electron chi connectivity index (χ3n) is 2.31. The second-order valence-corrected chi connectivity index (χ2v) is 7.38. The molecule has 0 atom stereocenters. The van der Waals surface area contributed by atoms with Gasteiger partial charge in [0.15, 0.2) is 5.78 Å². The molecular weight excluding hydrogens is 387 g/mol. The van der Waals surface area contributed by atoms with Crippen molar-refractivity contribution in [3.05, 3.63) is 53.6 Å². The zero-order chi connectivity index (χ0) is 12.6. The van der Waals surface area contributed by atoms with Gasteiger partial charge in [-0.15, -0.1) is 11.3 Å². The molecule has 1 nitrogen and oxygen atoms in total. The molecule has 1 aromatic heterocycles. The zero-order valence-electron chi connectivity index (χ0n) is 8.76. The summed E-state index contributed by atoms with van der Waals surface area (Å²) in [4.78, 5) is 13.3. The smallest absolute Gasteiger partial charge is 0.194 e. The first-order chi connectivity index (χ1) is 7.99. The van der Waals surface area contributed by atoms with Crippen molar-refractivity contribution in [1.82, 2.24) is 0 Å². The lowest BCUT2D eigenvalue weighted by molar-refractivity contribution is 0.103. The Hall–Kier alpha value is -0.160. The van der Waals surface area contributed by atoms with Gasteiger partial charge in [-0.2, -0.15) is 0 Å². The van der Waals surface area contributed by atoms with E-state index < -0.39 is 0 Å². The lowest BCUT2D eigenvalue weighted by Crippen LogP contribution is -2.01. The van der Waals surface area contributed by atoms with Crippen molar-refractivity contribution in [2.45, 2.75) is 6.92 Å². The Kier molecular flexibility index (Phi) is 4.08. The van der Waals surface area contributed by atoms with Crippen LogP contribution in [-0.4, -0.2) is 5.78 Å². The standard InChI is InChI=1S/C12H7Br2ClOS/c1-6-8(5-11(14)17-6)12(16)7-2-3-10(15)9(13)4-7/h2-5H,1H3. The lowest BCUT2D eigenvalue weighted by atomic mass is 10.0. The van der Waals surface area contributed by atoms with Crippen molar-refractivity contribution < 1.29 is 4.79 Å². The van der Waals surface area contributed by atoms with Crippen molar-refractivity contribution in [3.63, 3.8) is 0 Å². The second-order valence-electron chi connectivity index (χ2n) is 3.48. The molecule has 88 valence electrons. The second kappa shape index (κ2) is 5.22. The van der Waals surface area contributed by atoms with Crippen LogP contribution in [0, 0.1) is 6.92 Å². The van der Waals surface area contributed by atoms with E-state index in [1.807, 2.05) is 13.0 Å². The third kappa shape index (κ3) is 2.81. The van der Waals surface area contributed by atoms with Crippen LogP contribution in [0.1, 0.15) is 20.8 Å². The molecule has 0 bridgehead atoms. The van der Waals surface area contributed by atoms with Gasteiger partial charge in [-0.05, 0) is 63.0 Å². The molecule has 0 aliphatic rings. The Morgan fingerprint density at radius 3 is 2.53 bits per heavy atom. The number of ketones is 1. The van der Waals surface area contributed by atoms with Crippen LogP contribution in [0.3, 0.4) is 0 Å². The highest BCUT2D eigenvalue weighted by atomic mass is 79.9. The summed E-state index contributed by atoms with van der Waals surface area (Å²) in [5, 5.41) is 0.602. The van der Waals surface area contributed by atoms with Crippen LogP contribution in [-0.2, 0) is 0 Å². The molecule has 0 radical (unpaired) electrons. The van der Waals surface area contributed by atoms with E-state index in [-0.39, 0.29) is 5.78 Å². The van der Waals surface area contributed by atoms with E-state index in [4.69, 9.17) is 11.6 Å². The molecule has 0 aliphatic heterocycles. The highest BCUT2D eigenvalue weighted by molar-refractivity contribution is 9.11. The first-order valence-corrected chi connectivity index (χ1v) is 7.53. The number of carbonyl (C=O) groups is 1. The molecule has 0 saturated carbocycles. The van der Waals surface area contributed by atoms with E-state index in [0.29, 0.717) is 10.6 Å². The molecule has 1 heterocycles. The van der Waals surface area contributed by atoms with Crippen molar-refractivity contribution in [1.29, 1.82) is 0 Å². The number of aryl methyl sites for hydroxylation is 1. The molecule has 0 amide bonds. The number of hydrogen-bond donors (Lipinski definition) is 0. The minimum absolute atomic E-state index is 0.0156. The van der Waals surface area contributed by atoms with Crippen LogP contribution in [0.25, 0.3) is 0 Å². The van der Waals surface area contributed by atoms with Crippen molar-refractivity contribution in [3.8, 4) is 0 Å². The predicted molar refractivity (Wildman–Crippen MR) is 79.3 cm³/mol. The molecule has 2 rings (SSSR count). The van der Waals surface area contributed by atoms with Gasteiger partial charge < -0.3 is 0 Å². The van der Waals surface area contributed by atoms with Gasteiger partial charge in [0, 0.05) is 20.5 Å². The summed E-state index contributed by atoms with van der Waals surface area (Å²) in [7, 11) is 0. The molecule has 0 unspecified atom stereocenters. The van der Waals surface area contributed by atoms with Crippen molar-refractivity contribution in [2.75, 3.05) is 0 Å². The van der Waals surface area contributed by atoms with Crippen LogP contribution in [0.15, 0.2) is 32.5 Å². The zero-order valence-corrected chi connectivity index (χ0v) is 13.5. The number of thiophene rings is 1. The summed E-state index contributed by atoms with van der Waals surface area (Å²) in [6.07, 6.45) is 0. The number of hydrogen-bond acceptors (Lipinski definition) is 2. The molecule has 0 saturated heterocycles. The van der Waals surface area contributed by atoms with Crippen molar-refractivity contribution >= 4 is 60.6 Å². The number of halogens is 3. The summed E-state index contributed by atoms with van der Waals surface area (Å²) < 4.78 is 1.70. The minimum atomic E-state index is 0.0156. The molecule has 17 heavy (non-hydrogen) atoms. The van der Waals surface area contributed by atoms with Crippen molar-refractivity contribution in [2.24, 2.45) is 0 Å². The summed E-state index contributed by atoms with van der Waals surface area (Å²) in [5.74, 6) is 0.0156. The lowest BCUT2D eigenvalue weighted by Gasteiger charge is -2.02. The fraction of sp³-hybridized carbons (Fsp3) is 0.0833. The molecular formula is C12H7Br2ClOS. The molecule has 0 spiro atoms. The largest absolute Gasteiger partial charge is 0.289 e. The maximum Gasteiger partial charge on any atom is 0.194 e.